The summed E-state index contributed by atoms with van der Waals surface area (Å²) >= 11 is 0. The van der Waals surface area contributed by atoms with E-state index in [1.165, 1.54) is 25.3 Å². The monoisotopic (exact) mass is 269 g/mol. The first-order chi connectivity index (χ1) is 8.32. The Hall–Kier alpha value is 0.137. The van der Waals surface area contributed by atoms with Gasteiger partial charge in [0.15, 0.2) is 0 Å². The molecule has 2 rings (SSSR count). The molecule has 2 nitrogen and oxygen atoms in total. The first-order valence-corrected chi connectivity index (χ1v) is 11.4. The summed E-state index contributed by atoms with van der Waals surface area (Å²) in [4.78, 5) is 0. The van der Waals surface area contributed by atoms with E-state index in [-0.39, 0.29) is 0 Å². The van der Waals surface area contributed by atoms with Crippen molar-refractivity contribution in [2.75, 3.05) is 13.2 Å². The third kappa shape index (κ3) is 3.58. The first-order valence-electron chi connectivity index (χ1n) is 7.67. The fourth-order valence-electron chi connectivity index (χ4n) is 3.65. The van der Waals surface area contributed by atoms with Crippen molar-refractivity contribution in [2.45, 2.75) is 70.9 Å². The molecule has 2 atom stereocenters. The number of nitrogens with one attached hydrogen (secondary N) is 1. The second-order valence-electron chi connectivity index (χ2n) is 8.01. The summed E-state index contributed by atoms with van der Waals surface area (Å²) in [5.74, 6) is 0.873. The van der Waals surface area contributed by atoms with Crippen LogP contribution >= 0.6 is 0 Å². The van der Waals surface area contributed by atoms with E-state index in [0.29, 0.717) is 17.6 Å². The quantitative estimate of drug-likeness (QED) is 0.745. The maximum Gasteiger partial charge on any atom is 0.0669 e. The zero-order valence-electron chi connectivity index (χ0n) is 12.9. The molecular weight excluding hydrogens is 238 g/mol. The van der Waals surface area contributed by atoms with Crippen LogP contribution in [0, 0.1) is 11.3 Å². The molecule has 0 aromatic rings. The van der Waals surface area contributed by atoms with Crippen LogP contribution in [0.15, 0.2) is 0 Å². The van der Waals surface area contributed by atoms with Gasteiger partial charge >= 0.3 is 0 Å². The Morgan fingerprint density at radius 2 is 1.94 bits per heavy atom. The third-order valence-corrected chi connectivity index (χ3v) is 6.06. The molecule has 1 heterocycles. The summed E-state index contributed by atoms with van der Waals surface area (Å²) in [5.41, 5.74) is 0.440. The first kappa shape index (κ1) is 14.5. The highest BCUT2D eigenvalue weighted by Crippen LogP contribution is 2.51. The van der Waals surface area contributed by atoms with Crippen LogP contribution in [0.1, 0.15) is 33.1 Å². The van der Waals surface area contributed by atoms with Crippen LogP contribution in [0.5, 0.6) is 0 Å². The van der Waals surface area contributed by atoms with E-state index in [1.54, 1.807) is 0 Å². The minimum absolute atomic E-state index is 0.440. The maximum atomic E-state index is 6.15. The van der Waals surface area contributed by atoms with Crippen molar-refractivity contribution < 1.29 is 4.74 Å². The third-order valence-electron chi connectivity index (χ3n) is 4.30. The zero-order chi connectivity index (χ0) is 13.4. The molecule has 3 heteroatoms. The highest BCUT2D eigenvalue weighted by molar-refractivity contribution is 6.76. The molecule has 0 aromatic carbocycles. The minimum Gasteiger partial charge on any atom is -0.377 e. The molecular formula is C15H31NOSi. The van der Waals surface area contributed by atoms with Crippen molar-refractivity contribution >= 4 is 8.07 Å². The molecule has 1 saturated carbocycles. The van der Waals surface area contributed by atoms with Gasteiger partial charge in [0.05, 0.1) is 6.10 Å². The van der Waals surface area contributed by atoms with Crippen LogP contribution in [-0.4, -0.2) is 33.4 Å². The molecule has 106 valence electrons. The maximum absolute atomic E-state index is 6.15. The lowest BCUT2D eigenvalue weighted by molar-refractivity contribution is 0.0375. The normalized spacial score (nSPS) is 33.3. The molecule has 2 fully saturated rings. The number of hydrogen-bond acceptors (Lipinski definition) is 2. The van der Waals surface area contributed by atoms with E-state index in [4.69, 9.17) is 4.74 Å². The van der Waals surface area contributed by atoms with Gasteiger partial charge in [0.25, 0.3) is 0 Å². The predicted octanol–water partition coefficient (Wildman–Crippen LogP) is 3.51. The molecule has 2 aliphatic rings. The van der Waals surface area contributed by atoms with Gasteiger partial charge in [0, 0.05) is 32.7 Å². The van der Waals surface area contributed by atoms with E-state index in [9.17, 15) is 0 Å². The summed E-state index contributed by atoms with van der Waals surface area (Å²) in [7, 11) is -1.05. The lowest BCUT2D eigenvalue weighted by Gasteiger charge is -2.39. The molecule has 1 aliphatic carbocycles. The minimum atomic E-state index is -1.05. The standard InChI is InChI=1S/C15H31NOSi/c1-12(2)16-10-15(11-18(3,4)5)8-9-17-14(15)13-6-7-13/h12-14,16H,6-11H2,1-5H3. The summed E-state index contributed by atoms with van der Waals surface area (Å²) in [6.45, 7) is 14.2. The Balaban J connectivity index is 2.09. The van der Waals surface area contributed by atoms with Crippen LogP contribution in [-0.2, 0) is 4.74 Å². The van der Waals surface area contributed by atoms with Crippen molar-refractivity contribution in [3.05, 3.63) is 0 Å². The van der Waals surface area contributed by atoms with E-state index in [1.807, 2.05) is 0 Å². The van der Waals surface area contributed by atoms with E-state index < -0.39 is 8.07 Å². The summed E-state index contributed by atoms with van der Waals surface area (Å²) in [5, 5.41) is 3.71. The van der Waals surface area contributed by atoms with Gasteiger partial charge in [0.2, 0.25) is 0 Å². The van der Waals surface area contributed by atoms with Crippen molar-refractivity contribution in [2.24, 2.45) is 11.3 Å². The van der Waals surface area contributed by atoms with Crippen molar-refractivity contribution in [1.29, 1.82) is 0 Å². The summed E-state index contributed by atoms with van der Waals surface area (Å²) in [6.07, 6.45) is 4.63. The molecule has 0 bridgehead atoms. The molecule has 0 radical (unpaired) electrons. The molecule has 0 spiro atoms. The van der Waals surface area contributed by atoms with Gasteiger partial charge in [-0.1, -0.05) is 33.5 Å². The van der Waals surface area contributed by atoms with Crippen molar-refractivity contribution in [1.82, 2.24) is 5.32 Å². The Morgan fingerprint density at radius 3 is 2.44 bits per heavy atom. The lowest BCUT2D eigenvalue weighted by atomic mass is 9.80. The number of hydrogen-bond donors (Lipinski definition) is 1. The molecule has 2 unspecified atom stereocenters. The van der Waals surface area contributed by atoms with Crippen LogP contribution in [0.2, 0.25) is 25.7 Å². The van der Waals surface area contributed by atoms with E-state index in [0.717, 1.165) is 19.1 Å². The molecule has 1 N–H and O–H groups in total. The topological polar surface area (TPSA) is 21.3 Å². The molecule has 0 aromatic heterocycles. The number of rotatable bonds is 6. The van der Waals surface area contributed by atoms with Gasteiger partial charge in [-0.3, -0.25) is 0 Å². The van der Waals surface area contributed by atoms with Gasteiger partial charge in [-0.05, 0) is 31.2 Å². The van der Waals surface area contributed by atoms with Gasteiger partial charge in [-0.25, -0.2) is 0 Å². The summed E-state index contributed by atoms with van der Waals surface area (Å²) < 4.78 is 6.15. The largest absolute Gasteiger partial charge is 0.377 e. The van der Waals surface area contributed by atoms with E-state index in [2.05, 4.69) is 38.8 Å². The Bertz CT molecular complexity index is 283. The van der Waals surface area contributed by atoms with Gasteiger partial charge < -0.3 is 10.1 Å². The Morgan fingerprint density at radius 1 is 1.28 bits per heavy atom. The molecule has 18 heavy (non-hydrogen) atoms. The highest BCUT2D eigenvalue weighted by Gasteiger charge is 2.52. The van der Waals surface area contributed by atoms with E-state index >= 15 is 0 Å². The van der Waals surface area contributed by atoms with Gasteiger partial charge in [-0.15, -0.1) is 0 Å². The van der Waals surface area contributed by atoms with Gasteiger partial charge in [-0.2, -0.15) is 0 Å². The predicted molar refractivity (Wildman–Crippen MR) is 80.8 cm³/mol. The van der Waals surface area contributed by atoms with Crippen LogP contribution < -0.4 is 5.32 Å². The Labute approximate surface area is 114 Å². The fraction of sp³-hybridized carbons (Fsp3) is 1.00. The van der Waals surface area contributed by atoms with Crippen LogP contribution in [0.4, 0.5) is 0 Å². The second kappa shape index (κ2) is 5.26. The number of ether oxygens (including phenoxy) is 1. The molecule has 1 saturated heterocycles. The van der Waals surface area contributed by atoms with Crippen molar-refractivity contribution in [3.8, 4) is 0 Å². The van der Waals surface area contributed by atoms with Crippen molar-refractivity contribution in [3.63, 3.8) is 0 Å². The second-order valence-corrected chi connectivity index (χ2v) is 13.5. The lowest BCUT2D eigenvalue weighted by Crippen LogP contribution is -2.47. The highest BCUT2D eigenvalue weighted by atomic mass is 28.3. The average molecular weight is 270 g/mol. The zero-order valence-corrected chi connectivity index (χ0v) is 13.9. The Kier molecular flexibility index (Phi) is 4.25. The fourth-order valence-corrected chi connectivity index (χ4v) is 6.26. The van der Waals surface area contributed by atoms with Crippen LogP contribution in [0.3, 0.4) is 0 Å². The molecule has 0 amide bonds. The smallest absolute Gasteiger partial charge is 0.0669 e. The molecule has 1 aliphatic heterocycles. The van der Waals surface area contributed by atoms with Crippen LogP contribution in [0.25, 0.3) is 0 Å². The SMILES string of the molecule is CC(C)NCC1(C[Si](C)(C)C)CCOC1C1CC1. The van der Waals surface area contributed by atoms with Gasteiger partial charge in [0.1, 0.15) is 0 Å². The average Bonchev–Trinajstić information content (AvgIpc) is 2.97. The summed E-state index contributed by atoms with van der Waals surface area (Å²) in [6, 6.07) is 2.00.